The Morgan fingerprint density at radius 3 is 2.37 bits per heavy atom. The van der Waals surface area contributed by atoms with Crippen molar-refractivity contribution in [2.24, 2.45) is 0 Å². The molecule has 1 saturated heterocycles. The number of nitrogens with zero attached hydrogens (tertiary/aromatic N) is 5. The third kappa shape index (κ3) is 6.65. The monoisotopic (exact) mass is 754 g/mol. The number of rotatable bonds is 8. The maximum atomic E-state index is 14.7. The van der Waals surface area contributed by atoms with Crippen LogP contribution in [0.15, 0.2) is 36.4 Å². The van der Waals surface area contributed by atoms with Gasteiger partial charge in [0.25, 0.3) is 11.8 Å². The van der Waals surface area contributed by atoms with E-state index < -0.39 is 21.2 Å². The number of nitrogens with one attached hydrogen (secondary N) is 1. The Balaban J connectivity index is 1.46. The second-order valence-electron chi connectivity index (χ2n) is 15.8. The van der Waals surface area contributed by atoms with Crippen LogP contribution in [-0.4, -0.2) is 89.0 Å². The molecule has 3 aliphatic rings. The fraction of sp³-hybridized carbons (Fsp3) is 0.500. The van der Waals surface area contributed by atoms with Crippen molar-refractivity contribution in [1.29, 1.82) is 0 Å². The zero-order valence-corrected chi connectivity index (χ0v) is 33.7. The van der Waals surface area contributed by atoms with Gasteiger partial charge < -0.3 is 14.2 Å². The molecule has 1 N–H and O–H groups in total. The highest BCUT2D eigenvalue weighted by molar-refractivity contribution is 7.90. The fourth-order valence-corrected chi connectivity index (χ4v) is 9.38. The van der Waals surface area contributed by atoms with Crippen LogP contribution in [0, 0.1) is 6.92 Å². The van der Waals surface area contributed by atoms with Crippen molar-refractivity contribution in [3.05, 3.63) is 70.0 Å². The number of allylic oxidation sites excluding steroid dienone is 1. The molecule has 4 aromatic rings. The molecule has 2 atom stereocenters. The Hall–Kier alpha value is -4.42. The first-order valence-electron chi connectivity index (χ1n) is 19.4. The molecule has 11 nitrogen and oxygen atoms in total. The summed E-state index contributed by atoms with van der Waals surface area (Å²) in [5.74, 6) is 0.369. The number of carbonyl (C=O) groups is 2. The Morgan fingerprint density at radius 1 is 1.02 bits per heavy atom. The lowest BCUT2D eigenvalue weighted by Crippen LogP contribution is -2.56. The van der Waals surface area contributed by atoms with Crippen LogP contribution in [0.4, 0.5) is 0 Å². The standard InChI is InChI=1S/C42H54N6O5S/c1-9-48-40(42(50)46-22-26(4)45(7)27(5)23-46)37(28(6)43-48)32-19-31-20-33(53-8)16-18-34(31)39-38(29-13-11-10-12-14-29)35-17-15-30(21-36(35)47(39)24-32)41(49)44-54(51,52)25(2)3/h15-21,25-27,29H,9-14,22-24H2,1-8H3,(H,44,49). The molecule has 7 rings (SSSR count). The minimum atomic E-state index is -3.84. The summed E-state index contributed by atoms with van der Waals surface area (Å²) in [6.07, 6.45) is 7.82. The number of fused-ring (bicyclic) bond motifs is 5. The van der Waals surface area contributed by atoms with Crippen molar-refractivity contribution in [3.8, 4) is 17.0 Å². The van der Waals surface area contributed by atoms with E-state index in [1.54, 1.807) is 27.0 Å². The van der Waals surface area contributed by atoms with Crippen molar-refractivity contribution < 1.29 is 22.7 Å². The van der Waals surface area contributed by atoms with Crippen LogP contribution in [0.5, 0.6) is 5.75 Å². The van der Waals surface area contributed by atoms with E-state index in [-0.39, 0.29) is 23.6 Å². The average molecular weight is 755 g/mol. The van der Waals surface area contributed by atoms with Crippen LogP contribution in [0.25, 0.3) is 33.8 Å². The molecule has 2 unspecified atom stereocenters. The molecule has 54 heavy (non-hydrogen) atoms. The van der Waals surface area contributed by atoms with Crippen molar-refractivity contribution in [1.82, 2.24) is 28.9 Å². The van der Waals surface area contributed by atoms with Crippen LogP contribution in [0.2, 0.25) is 0 Å². The molecule has 2 amide bonds. The number of hydrogen-bond donors (Lipinski definition) is 1. The molecule has 12 heteroatoms. The number of amides is 2. The van der Waals surface area contributed by atoms with Crippen molar-refractivity contribution in [2.75, 3.05) is 27.2 Å². The SMILES string of the molecule is CCn1nc(C)c(C2=Cc3cc(OC)ccc3-c3c(C4CCCCC4)c4ccc(C(=O)NS(=O)(=O)C(C)C)cc4n3C2)c1C(=O)N1CC(C)N(C)C(C)C1. The molecule has 1 aliphatic carbocycles. The topological polar surface area (TPSA) is 119 Å². The first-order valence-corrected chi connectivity index (χ1v) is 21.0. The van der Waals surface area contributed by atoms with E-state index in [2.05, 4.69) is 53.3 Å². The van der Waals surface area contributed by atoms with Crippen LogP contribution in [0.3, 0.4) is 0 Å². The lowest BCUT2D eigenvalue weighted by molar-refractivity contribution is 0.0404. The lowest BCUT2D eigenvalue weighted by Gasteiger charge is -2.42. The van der Waals surface area contributed by atoms with Gasteiger partial charge in [-0.05, 0) is 120 Å². The molecule has 2 fully saturated rings. The average Bonchev–Trinajstić information content (AvgIpc) is 3.60. The first-order chi connectivity index (χ1) is 25.7. The van der Waals surface area contributed by atoms with Gasteiger partial charge in [0.1, 0.15) is 11.4 Å². The third-order valence-corrected chi connectivity index (χ3v) is 13.7. The van der Waals surface area contributed by atoms with Crippen LogP contribution >= 0.6 is 0 Å². The van der Waals surface area contributed by atoms with E-state index in [0.717, 1.165) is 76.0 Å². The number of ether oxygens (including phenoxy) is 1. The highest BCUT2D eigenvalue weighted by Gasteiger charge is 2.36. The Morgan fingerprint density at radius 2 is 1.72 bits per heavy atom. The molecule has 0 radical (unpaired) electrons. The highest BCUT2D eigenvalue weighted by atomic mass is 32.2. The van der Waals surface area contributed by atoms with E-state index in [9.17, 15) is 18.0 Å². The second-order valence-corrected chi connectivity index (χ2v) is 18.0. The number of piperazine rings is 1. The van der Waals surface area contributed by atoms with Gasteiger partial charge in [-0.2, -0.15) is 5.10 Å². The first kappa shape index (κ1) is 37.9. The van der Waals surface area contributed by atoms with E-state index in [0.29, 0.717) is 37.8 Å². The van der Waals surface area contributed by atoms with Crippen molar-refractivity contribution in [3.63, 3.8) is 0 Å². The molecule has 288 valence electrons. The number of hydrogen-bond acceptors (Lipinski definition) is 7. The van der Waals surface area contributed by atoms with Gasteiger partial charge in [-0.15, -0.1) is 0 Å². The summed E-state index contributed by atoms with van der Waals surface area (Å²) in [5.41, 5.74) is 8.61. The Kier molecular flexibility index (Phi) is 10.3. The number of aromatic nitrogens is 3. The minimum absolute atomic E-state index is 0.0268. The minimum Gasteiger partial charge on any atom is -0.497 e. The maximum Gasteiger partial charge on any atom is 0.272 e. The fourth-order valence-electron chi connectivity index (χ4n) is 8.77. The number of carbonyl (C=O) groups excluding carboxylic acids is 2. The summed E-state index contributed by atoms with van der Waals surface area (Å²) in [6, 6.07) is 12.2. The molecule has 1 saturated carbocycles. The smallest absolute Gasteiger partial charge is 0.272 e. The second kappa shape index (κ2) is 14.7. The normalized spacial score (nSPS) is 19.7. The number of methoxy groups -OCH3 is 1. The van der Waals surface area contributed by atoms with Crippen molar-refractivity contribution in [2.45, 2.75) is 110 Å². The third-order valence-electron chi connectivity index (χ3n) is 12.0. The van der Waals surface area contributed by atoms with E-state index in [1.165, 1.54) is 12.0 Å². The summed E-state index contributed by atoms with van der Waals surface area (Å²) in [6.45, 7) is 13.6. The largest absolute Gasteiger partial charge is 0.497 e. The molecule has 2 aliphatic heterocycles. The van der Waals surface area contributed by atoms with Gasteiger partial charge in [0.2, 0.25) is 10.0 Å². The van der Waals surface area contributed by atoms with E-state index in [4.69, 9.17) is 9.84 Å². The van der Waals surface area contributed by atoms with Crippen LogP contribution in [-0.2, 0) is 23.1 Å². The molecular formula is C42H54N6O5S. The predicted octanol–water partition coefficient (Wildman–Crippen LogP) is 7.08. The number of sulfonamides is 1. The summed E-state index contributed by atoms with van der Waals surface area (Å²) in [4.78, 5) is 32.6. The number of aryl methyl sites for hydroxylation is 2. The summed E-state index contributed by atoms with van der Waals surface area (Å²) in [5, 5.41) is 5.25. The van der Waals surface area contributed by atoms with Crippen LogP contribution < -0.4 is 9.46 Å². The zero-order valence-electron chi connectivity index (χ0n) is 32.9. The lowest BCUT2D eigenvalue weighted by atomic mass is 9.81. The number of benzene rings is 2. The molecule has 0 bridgehead atoms. The van der Waals surface area contributed by atoms with Crippen LogP contribution in [0.1, 0.15) is 116 Å². The molecule has 4 heterocycles. The zero-order chi connectivity index (χ0) is 38.6. The van der Waals surface area contributed by atoms with Crippen molar-refractivity contribution >= 4 is 44.4 Å². The van der Waals surface area contributed by atoms with Gasteiger partial charge in [-0.1, -0.05) is 25.3 Å². The van der Waals surface area contributed by atoms with Gasteiger partial charge in [0.05, 0.1) is 23.7 Å². The predicted molar refractivity (Wildman–Crippen MR) is 214 cm³/mol. The Bertz CT molecular complexity index is 2250. The molecule has 2 aromatic heterocycles. The van der Waals surface area contributed by atoms with Gasteiger partial charge in [0, 0.05) is 65.9 Å². The van der Waals surface area contributed by atoms with E-state index >= 15 is 0 Å². The quantitative estimate of drug-likeness (QED) is 0.204. The molecule has 0 spiro atoms. The Labute approximate surface area is 319 Å². The van der Waals surface area contributed by atoms with Gasteiger partial charge >= 0.3 is 0 Å². The summed E-state index contributed by atoms with van der Waals surface area (Å²) < 4.78 is 37.7. The molecular weight excluding hydrogens is 701 g/mol. The van der Waals surface area contributed by atoms with Gasteiger partial charge in [-0.25, -0.2) is 13.1 Å². The molecule has 2 aromatic carbocycles. The van der Waals surface area contributed by atoms with E-state index in [1.807, 2.05) is 41.6 Å². The highest BCUT2D eigenvalue weighted by Crippen LogP contribution is 2.48. The maximum absolute atomic E-state index is 14.7. The van der Waals surface area contributed by atoms with Gasteiger partial charge in [0.15, 0.2) is 0 Å². The van der Waals surface area contributed by atoms with Gasteiger partial charge in [-0.3, -0.25) is 19.2 Å². The number of likely N-dealkylation sites (N-methyl/N-ethyl adjacent to an activating group) is 1. The summed E-state index contributed by atoms with van der Waals surface area (Å²) >= 11 is 0. The summed E-state index contributed by atoms with van der Waals surface area (Å²) in [7, 11) is -0.0525.